The summed E-state index contributed by atoms with van der Waals surface area (Å²) in [6, 6.07) is 9.02. The van der Waals surface area contributed by atoms with Gasteiger partial charge in [0.25, 0.3) is 0 Å². The summed E-state index contributed by atoms with van der Waals surface area (Å²) < 4.78 is 5.12. The van der Waals surface area contributed by atoms with Gasteiger partial charge >= 0.3 is 11.7 Å². The van der Waals surface area contributed by atoms with E-state index < -0.39 is 22.7 Å². The van der Waals surface area contributed by atoms with Gasteiger partial charge in [-0.05, 0) is 18.2 Å². The predicted molar refractivity (Wildman–Crippen MR) is 75.7 cm³/mol. The molecule has 0 amide bonds. The number of allylic oxidation sites excluding steroid dienone is 2. The number of carbonyl (C=O) groups is 1. The van der Waals surface area contributed by atoms with Crippen LogP contribution in [0.5, 0.6) is 0 Å². The Hall–Kier alpha value is -2.89. The van der Waals surface area contributed by atoms with Gasteiger partial charge in [0.05, 0.1) is 10.8 Å². The number of benzene rings is 1. The minimum absolute atomic E-state index is 0.257. The molecule has 0 bridgehead atoms. The van der Waals surface area contributed by atoms with Crippen LogP contribution in [0.4, 0.5) is 5.69 Å². The molecular formula is C15H12N2O4. The Morgan fingerprint density at radius 3 is 2.57 bits per heavy atom. The highest BCUT2D eigenvalue weighted by atomic mass is 16.6. The van der Waals surface area contributed by atoms with E-state index in [0.29, 0.717) is 5.69 Å². The van der Waals surface area contributed by atoms with E-state index >= 15 is 0 Å². The Bertz CT molecular complexity index is 676. The fourth-order valence-electron chi connectivity index (χ4n) is 2.40. The molecule has 3 rings (SSSR count). The van der Waals surface area contributed by atoms with Gasteiger partial charge in [-0.15, -0.1) is 0 Å². The lowest BCUT2D eigenvalue weighted by Crippen LogP contribution is -2.38. The normalized spacial score (nSPS) is 23.5. The molecule has 0 radical (unpaired) electrons. The summed E-state index contributed by atoms with van der Waals surface area (Å²) in [7, 11) is 0. The molecule has 0 unspecified atom stereocenters. The van der Waals surface area contributed by atoms with Gasteiger partial charge in [-0.3, -0.25) is 10.1 Å². The number of fused-ring (bicyclic) bond motifs is 1. The molecular weight excluding hydrogens is 272 g/mol. The second kappa shape index (κ2) is 5.24. The highest BCUT2D eigenvalue weighted by Gasteiger charge is 2.43. The van der Waals surface area contributed by atoms with Crippen molar-refractivity contribution < 1.29 is 14.5 Å². The number of rotatable bonds is 3. The molecule has 0 saturated carbocycles. The monoisotopic (exact) mass is 284 g/mol. The lowest BCUT2D eigenvalue weighted by atomic mass is 9.90. The van der Waals surface area contributed by atoms with Gasteiger partial charge in [0, 0.05) is 5.69 Å². The van der Waals surface area contributed by atoms with Crippen LogP contribution in [0.2, 0.25) is 0 Å². The minimum atomic E-state index is -0.917. The molecule has 6 heteroatoms. The first kappa shape index (κ1) is 13.1. The molecule has 2 atom stereocenters. The standard InChI is InChI=1S/C15H12N2O4/c18-15-14(17(19)20)13(16-10-6-2-1-3-7-10)11-8-4-5-9-12(11)21-15/h1-9,11-12,16H/t11-,12-/m0/s1. The van der Waals surface area contributed by atoms with Crippen molar-refractivity contribution in [2.45, 2.75) is 6.10 Å². The van der Waals surface area contributed by atoms with Gasteiger partial charge in [-0.2, -0.15) is 0 Å². The Kier molecular flexibility index (Phi) is 3.27. The number of hydrogen-bond acceptors (Lipinski definition) is 5. The number of anilines is 1. The van der Waals surface area contributed by atoms with Gasteiger partial charge < -0.3 is 10.1 Å². The summed E-state index contributed by atoms with van der Waals surface area (Å²) in [5.41, 5.74) is 0.399. The number of nitrogens with zero attached hydrogens (tertiary/aromatic N) is 1. The number of ether oxygens (including phenoxy) is 1. The second-order valence-corrected chi connectivity index (χ2v) is 4.68. The third-order valence-corrected chi connectivity index (χ3v) is 3.34. The molecule has 106 valence electrons. The maximum atomic E-state index is 11.9. The molecule has 1 heterocycles. The van der Waals surface area contributed by atoms with Crippen molar-refractivity contribution in [1.82, 2.24) is 0 Å². The zero-order valence-electron chi connectivity index (χ0n) is 10.9. The molecule has 0 spiro atoms. The topological polar surface area (TPSA) is 81.5 Å². The van der Waals surface area contributed by atoms with Crippen LogP contribution in [-0.4, -0.2) is 17.0 Å². The van der Waals surface area contributed by atoms with Crippen LogP contribution in [0, 0.1) is 16.0 Å². The quantitative estimate of drug-likeness (QED) is 0.523. The van der Waals surface area contributed by atoms with E-state index in [0.717, 1.165) is 0 Å². The van der Waals surface area contributed by atoms with E-state index in [4.69, 9.17) is 4.74 Å². The molecule has 0 saturated heterocycles. The van der Waals surface area contributed by atoms with Crippen LogP contribution < -0.4 is 5.32 Å². The first-order valence-electron chi connectivity index (χ1n) is 6.43. The van der Waals surface area contributed by atoms with Crippen molar-refractivity contribution in [1.29, 1.82) is 0 Å². The number of para-hydroxylation sites is 1. The first-order valence-corrected chi connectivity index (χ1v) is 6.43. The van der Waals surface area contributed by atoms with Crippen LogP contribution in [0.15, 0.2) is 66.0 Å². The van der Waals surface area contributed by atoms with Gasteiger partial charge in [0.1, 0.15) is 11.8 Å². The van der Waals surface area contributed by atoms with Crippen molar-refractivity contribution in [3.8, 4) is 0 Å². The van der Waals surface area contributed by atoms with Gasteiger partial charge in [0.2, 0.25) is 0 Å². The fraction of sp³-hybridized carbons (Fsp3) is 0.133. The summed E-state index contributed by atoms with van der Waals surface area (Å²) in [6.07, 6.45) is 6.52. The predicted octanol–water partition coefficient (Wildman–Crippen LogP) is 2.25. The van der Waals surface area contributed by atoms with E-state index in [-0.39, 0.29) is 11.6 Å². The van der Waals surface area contributed by atoms with Crippen LogP contribution in [0.25, 0.3) is 0 Å². The number of nitrogens with one attached hydrogen (secondary N) is 1. The average molecular weight is 284 g/mol. The van der Waals surface area contributed by atoms with E-state index in [2.05, 4.69) is 5.32 Å². The van der Waals surface area contributed by atoms with Crippen molar-refractivity contribution in [3.63, 3.8) is 0 Å². The largest absolute Gasteiger partial charge is 0.449 e. The van der Waals surface area contributed by atoms with Crippen LogP contribution in [-0.2, 0) is 9.53 Å². The van der Waals surface area contributed by atoms with Crippen molar-refractivity contribution in [2.75, 3.05) is 5.32 Å². The summed E-state index contributed by atoms with van der Waals surface area (Å²) in [5, 5.41) is 14.2. The zero-order valence-corrected chi connectivity index (χ0v) is 10.9. The third-order valence-electron chi connectivity index (χ3n) is 3.34. The number of nitro groups is 1. The number of hydrogen-bond donors (Lipinski definition) is 1. The van der Waals surface area contributed by atoms with E-state index in [9.17, 15) is 14.9 Å². The van der Waals surface area contributed by atoms with E-state index in [1.807, 2.05) is 18.2 Å². The van der Waals surface area contributed by atoms with Crippen LogP contribution >= 0.6 is 0 Å². The van der Waals surface area contributed by atoms with Gasteiger partial charge in [0.15, 0.2) is 0 Å². The summed E-state index contributed by atoms with van der Waals surface area (Å²) in [6.45, 7) is 0. The van der Waals surface area contributed by atoms with Gasteiger partial charge in [-0.1, -0.05) is 36.4 Å². The molecule has 2 aliphatic rings. The van der Waals surface area contributed by atoms with Crippen molar-refractivity contribution in [2.24, 2.45) is 5.92 Å². The van der Waals surface area contributed by atoms with Crippen molar-refractivity contribution >= 4 is 11.7 Å². The third kappa shape index (κ3) is 2.43. The molecule has 6 nitrogen and oxygen atoms in total. The molecule has 0 aromatic heterocycles. The SMILES string of the molecule is O=C1O[C@H]2C=CC=C[C@@H]2C(Nc2ccccc2)=C1[N+](=O)[O-]. The Balaban J connectivity index is 2.06. The summed E-state index contributed by atoms with van der Waals surface area (Å²) in [4.78, 5) is 22.4. The lowest BCUT2D eigenvalue weighted by Gasteiger charge is -2.30. The second-order valence-electron chi connectivity index (χ2n) is 4.68. The molecule has 1 aliphatic heterocycles. The fourth-order valence-corrected chi connectivity index (χ4v) is 2.40. The van der Waals surface area contributed by atoms with Crippen molar-refractivity contribution in [3.05, 3.63) is 76.1 Å². The minimum Gasteiger partial charge on any atom is -0.449 e. The Morgan fingerprint density at radius 2 is 1.86 bits per heavy atom. The average Bonchev–Trinajstić information content (AvgIpc) is 2.47. The maximum Gasteiger partial charge on any atom is 0.412 e. The zero-order chi connectivity index (χ0) is 14.8. The highest BCUT2D eigenvalue weighted by Crippen LogP contribution is 2.32. The van der Waals surface area contributed by atoms with Gasteiger partial charge in [-0.25, -0.2) is 4.79 Å². The molecule has 1 aromatic rings. The van der Waals surface area contributed by atoms with E-state index in [1.54, 1.807) is 36.4 Å². The molecule has 0 fully saturated rings. The summed E-state index contributed by atoms with van der Waals surface area (Å²) in [5.74, 6) is -1.30. The first-order chi connectivity index (χ1) is 10.2. The molecule has 1 N–H and O–H groups in total. The maximum absolute atomic E-state index is 11.9. The highest BCUT2D eigenvalue weighted by molar-refractivity contribution is 5.89. The molecule has 1 aromatic carbocycles. The Labute approximate surface area is 120 Å². The summed E-state index contributed by atoms with van der Waals surface area (Å²) >= 11 is 0. The van der Waals surface area contributed by atoms with Crippen LogP contribution in [0.3, 0.4) is 0 Å². The molecule has 1 aliphatic carbocycles. The number of esters is 1. The van der Waals surface area contributed by atoms with Crippen LogP contribution in [0.1, 0.15) is 0 Å². The number of carbonyl (C=O) groups excluding carboxylic acids is 1. The van der Waals surface area contributed by atoms with E-state index in [1.165, 1.54) is 0 Å². The Morgan fingerprint density at radius 1 is 1.14 bits per heavy atom. The smallest absolute Gasteiger partial charge is 0.412 e. The lowest BCUT2D eigenvalue weighted by molar-refractivity contribution is -0.424. The molecule has 21 heavy (non-hydrogen) atoms.